The standard InChI is InChI=1S/C17H11NO2S/c1-9(19)8-10-6-7-13-14-15(18-21-17(10)14)11-4-2-3-5-12(11)16(13)20/h2-7H,8H2,1H3. The van der Waals surface area contributed by atoms with Crippen molar-refractivity contribution in [3.05, 3.63) is 53.1 Å². The van der Waals surface area contributed by atoms with Gasteiger partial charge in [-0.05, 0) is 30.1 Å². The number of fused-ring (bicyclic) bond motifs is 2. The average Bonchev–Trinajstić information content (AvgIpc) is 2.91. The van der Waals surface area contributed by atoms with Gasteiger partial charge in [-0.15, -0.1) is 0 Å². The molecule has 1 aromatic heterocycles. The van der Waals surface area contributed by atoms with Gasteiger partial charge in [0.1, 0.15) is 5.78 Å². The Morgan fingerprint density at radius 3 is 2.62 bits per heavy atom. The summed E-state index contributed by atoms with van der Waals surface area (Å²) in [7, 11) is 0. The number of carbonyl (C=O) groups excluding carboxylic acids is 2. The summed E-state index contributed by atoms with van der Waals surface area (Å²) in [5, 5.41) is 0.905. The molecule has 0 saturated heterocycles. The average molecular weight is 293 g/mol. The maximum atomic E-state index is 12.6. The fourth-order valence-corrected chi connectivity index (χ4v) is 3.84. The number of nitrogens with zero attached hydrogens (tertiary/aromatic N) is 1. The van der Waals surface area contributed by atoms with E-state index in [-0.39, 0.29) is 11.6 Å². The third kappa shape index (κ3) is 1.69. The van der Waals surface area contributed by atoms with E-state index in [1.807, 2.05) is 36.4 Å². The van der Waals surface area contributed by atoms with Crippen LogP contribution in [0.25, 0.3) is 21.3 Å². The van der Waals surface area contributed by atoms with Gasteiger partial charge in [0.05, 0.1) is 10.4 Å². The minimum absolute atomic E-state index is 0.0395. The zero-order valence-electron chi connectivity index (χ0n) is 11.3. The highest BCUT2D eigenvalue weighted by Gasteiger charge is 2.28. The molecule has 102 valence electrons. The Kier molecular flexibility index (Phi) is 2.56. The molecule has 0 unspecified atom stereocenters. The molecule has 3 aromatic rings. The molecule has 0 amide bonds. The van der Waals surface area contributed by atoms with Crippen molar-refractivity contribution in [3.63, 3.8) is 0 Å². The van der Waals surface area contributed by atoms with Crippen LogP contribution in [0.1, 0.15) is 28.4 Å². The van der Waals surface area contributed by atoms with Crippen molar-refractivity contribution in [2.24, 2.45) is 0 Å². The molecule has 1 aliphatic carbocycles. The normalized spacial score (nSPS) is 12.5. The van der Waals surface area contributed by atoms with Crippen molar-refractivity contribution in [3.8, 4) is 11.3 Å². The molecule has 21 heavy (non-hydrogen) atoms. The lowest BCUT2D eigenvalue weighted by Gasteiger charge is -2.15. The topological polar surface area (TPSA) is 47.0 Å². The number of ketones is 2. The van der Waals surface area contributed by atoms with E-state index in [1.165, 1.54) is 11.5 Å². The summed E-state index contributed by atoms with van der Waals surface area (Å²) in [4.78, 5) is 24.0. The smallest absolute Gasteiger partial charge is 0.194 e. The summed E-state index contributed by atoms with van der Waals surface area (Å²) in [5.74, 6) is 0.153. The first-order valence-electron chi connectivity index (χ1n) is 6.71. The Labute approximate surface area is 125 Å². The molecule has 0 radical (unpaired) electrons. The molecule has 0 spiro atoms. The van der Waals surface area contributed by atoms with Gasteiger partial charge in [0.2, 0.25) is 0 Å². The SMILES string of the molecule is CC(=O)Cc1ccc2c3c(nsc13)-c1ccccc1C2=O. The first-order chi connectivity index (χ1) is 10.2. The summed E-state index contributed by atoms with van der Waals surface area (Å²) in [5.41, 5.74) is 4.11. The third-order valence-corrected chi connectivity index (χ3v) is 4.74. The van der Waals surface area contributed by atoms with Crippen molar-refractivity contribution >= 4 is 33.2 Å². The van der Waals surface area contributed by atoms with Crippen LogP contribution in [-0.2, 0) is 11.2 Å². The molecule has 1 heterocycles. The van der Waals surface area contributed by atoms with Crippen molar-refractivity contribution in [2.45, 2.75) is 13.3 Å². The van der Waals surface area contributed by atoms with E-state index in [2.05, 4.69) is 4.37 Å². The second kappa shape index (κ2) is 4.33. The number of carbonyl (C=O) groups is 2. The van der Waals surface area contributed by atoms with Crippen molar-refractivity contribution < 1.29 is 9.59 Å². The van der Waals surface area contributed by atoms with Gasteiger partial charge >= 0.3 is 0 Å². The van der Waals surface area contributed by atoms with Crippen LogP contribution in [0.2, 0.25) is 0 Å². The van der Waals surface area contributed by atoms with E-state index in [4.69, 9.17) is 0 Å². The third-order valence-electron chi connectivity index (χ3n) is 3.82. The van der Waals surface area contributed by atoms with Crippen LogP contribution in [0, 0.1) is 0 Å². The van der Waals surface area contributed by atoms with Crippen LogP contribution in [0.5, 0.6) is 0 Å². The zero-order chi connectivity index (χ0) is 14.6. The molecule has 2 aromatic carbocycles. The maximum absolute atomic E-state index is 12.6. The lowest BCUT2D eigenvalue weighted by Crippen LogP contribution is -2.09. The second-order valence-corrected chi connectivity index (χ2v) is 6.03. The lowest BCUT2D eigenvalue weighted by atomic mass is 9.86. The van der Waals surface area contributed by atoms with Crippen molar-refractivity contribution in [1.82, 2.24) is 4.37 Å². The number of hydrogen-bond acceptors (Lipinski definition) is 4. The Morgan fingerprint density at radius 2 is 1.86 bits per heavy atom. The first-order valence-corrected chi connectivity index (χ1v) is 7.49. The predicted molar refractivity (Wildman–Crippen MR) is 82.9 cm³/mol. The fourth-order valence-electron chi connectivity index (χ4n) is 2.92. The van der Waals surface area contributed by atoms with Gasteiger partial charge in [0.25, 0.3) is 0 Å². The van der Waals surface area contributed by atoms with Gasteiger partial charge in [-0.1, -0.05) is 30.3 Å². The molecule has 0 saturated carbocycles. The van der Waals surface area contributed by atoms with E-state index in [1.54, 1.807) is 6.92 Å². The highest BCUT2D eigenvalue weighted by molar-refractivity contribution is 7.14. The maximum Gasteiger partial charge on any atom is 0.194 e. The minimum Gasteiger partial charge on any atom is -0.300 e. The quantitative estimate of drug-likeness (QED) is 0.567. The predicted octanol–water partition coefficient (Wildman–Crippen LogP) is 3.64. The number of Topliss-reactive ketones (excluding diaryl/α,β-unsaturated/α-hetero) is 1. The van der Waals surface area contributed by atoms with Gasteiger partial charge in [-0.2, -0.15) is 4.37 Å². The molecular formula is C17H11NO2S. The minimum atomic E-state index is 0.0395. The monoisotopic (exact) mass is 293 g/mol. The summed E-state index contributed by atoms with van der Waals surface area (Å²) >= 11 is 1.37. The molecule has 0 aliphatic heterocycles. The number of hydrogen-bond donors (Lipinski definition) is 0. The number of benzene rings is 2. The fraction of sp³-hybridized carbons (Fsp3) is 0.118. The van der Waals surface area contributed by atoms with Crippen LogP contribution in [-0.4, -0.2) is 15.9 Å². The van der Waals surface area contributed by atoms with Gasteiger partial charge in [0.15, 0.2) is 5.78 Å². The highest BCUT2D eigenvalue weighted by Crippen LogP contribution is 2.41. The van der Waals surface area contributed by atoms with Gasteiger partial charge in [-0.25, -0.2) is 0 Å². The summed E-state index contributed by atoms with van der Waals surface area (Å²) in [6, 6.07) is 11.3. The lowest BCUT2D eigenvalue weighted by molar-refractivity contribution is -0.116. The molecule has 4 rings (SSSR count). The Morgan fingerprint density at radius 1 is 1.10 bits per heavy atom. The van der Waals surface area contributed by atoms with Crippen molar-refractivity contribution in [2.75, 3.05) is 0 Å². The van der Waals surface area contributed by atoms with Gasteiger partial charge < -0.3 is 0 Å². The number of rotatable bonds is 2. The molecule has 4 heteroatoms. The molecule has 0 N–H and O–H groups in total. The zero-order valence-corrected chi connectivity index (χ0v) is 12.2. The first kappa shape index (κ1) is 12.4. The molecule has 1 aliphatic rings. The van der Waals surface area contributed by atoms with Crippen LogP contribution < -0.4 is 0 Å². The van der Waals surface area contributed by atoms with Gasteiger partial charge in [0, 0.05) is 28.5 Å². The second-order valence-electron chi connectivity index (χ2n) is 5.26. The van der Waals surface area contributed by atoms with Crippen LogP contribution >= 0.6 is 11.5 Å². The molecule has 0 atom stereocenters. The van der Waals surface area contributed by atoms with Crippen molar-refractivity contribution in [1.29, 1.82) is 0 Å². The van der Waals surface area contributed by atoms with E-state index >= 15 is 0 Å². The molecule has 0 bridgehead atoms. The Bertz CT molecular complexity index is 924. The molecule has 3 nitrogen and oxygen atoms in total. The van der Waals surface area contributed by atoms with Crippen LogP contribution in [0.4, 0.5) is 0 Å². The Hall–Kier alpha value is -2.33. The highest BCUT2D eigenvalue weighted by atomic mass is 32.1. The largest absolute Gasteiger partial charge is 0.300 e. The van der Waals surface area contributed by atoms with E-state index in [0.717, 1.165) is 26.9 Å². The summed E-state index contributed by atoms with van der Waals surface area (Å²) in [6.07, 6.45) is 0.383. The molecule has 0 fully saturated rings. The van der Waals surface area contributed by atoms with E-state index < -0.39 is 0 Å². The summed E-state index contributed by atoms with van der Waals surface area (Å²) in [6.45, 7) is 1.58. The molecular weight excluding hydrogens is 282 g/mol. The van der Waals surface area contributed by atoms with E-state index in [9.17, 15) is 9.59 Å². The Balaban J connectivity index is 2.08. The number of aromatic nitrogens is 1. The summed E-state index contributed by atoms with van der Waals surface area (Å²) < 4.78 is 5.51. The van der Waals surface area contributed by atoms with Gasteiger partial charge in [-0.3, -0.25) is 9.59 Å². The van der Waals surface area contributed by atoms with E-state index in [0.29, 0.717) is 17.5 Å². The van der Waals surface area contributed by atoms with Crippen LogP contribution in [0.15, 0.2) is 36.4 Å². The van der Waals surface area contributed by atoms with Crippen LogP contribution in [0.3, 0.4) is 0 Å².